The van der Waals surface area contributed by atoms with Crippen molar-refractivity contribution in [2.24, 2.45) is 0 Å². The van der Waals surface area contributed by atoms with Crippen molar-refractivity contribution in [1.29, 1.82) is 0 Å². The summed E-state index contributed by atoms with van der Waals surface area (Å²) in [6.07, 6.45) is 2.66. The molecular weight excluding hydrogens is 332 g/mol. The second-order valence-electron chi connectivity index (χ2n) is 6.83. The van der Waals surface area contributed by atoms with Gasteiger partial charge in [0.15, 0.2) is 0 Å². The van der Waals surface area contributed by atoms with Gasteiger partial charge in [0.05, 0.1) is 11.7 Å². The topological polar surface area (TPSA) is 78.7 Å². The van der Waals surface area contributed by atoms with Gasteiger partial charge in [-0.25, -0.2) is 0 Å². The first-order valence-electron chi connectivity index (χ1n) is 9.28. The summed E-state index contributed by atoms with van der Waals surface area (Å²) < 4.78 is 5.03. The molecule has 1 aromatic heterocycles. The Morgan fingerprint density at radius 1 is 1.42 bits per heavy atom. The fourth-order valence-corrected chi connectivity index (χ4v) is 3.32. The number of likely N-dealkylation sites (tertiary alicyclic amines) is 1. The number of aromatic nitrogens is 1. The van der Waals surface area contributed by atoms with E-state index in [1.165, 1.54) is 5.57 Å². The van der Waals surface area contributed by atoms with Crippen LogP contribution in [-0.2, 0) is 4.79 Å². The van der Waals surface area contributed by atoms with Crippen LogP contribution in [0.25, 0.3) is 0 Å². The zero-order valence-electron chi connectivity index (χ0n) is 16.4. The monoisotopic (exact) mass is 362 g/mol. The van der Waals surface area contributed by atoms with Crippen molar-refractivity contribution >= 4 is 11.8 Å². The number of likely N-dealkylation sites (N-methyl/N-ethyl adjacent to an activating group) is 1. The van der Waals surface area contributed by atoms with Gasteiger partial charge in [0.25, 0.3) is 5.91 Å². The highest BCUT2D eigenvalue weighted by Crippen LogP contribution is 2.22. The number of rotatable bonds is 7. The third kappa shape index (κ3) is 4.72. The average Bonchev–Trinajstić information content (AvgIpc) is 3.22. The lowest BCUT2D eigenvalue weighted by Gasteiger charge is -2.28. The largest absolute Gasteiger partial charge is 0.351 e. The number of carbonyl (C=O) groups is 2. The molecule has 2 heterocycles. The molecule has 1 saturated heterocycles. The summed E-state index contributed by atoms with van der Waals surface area (Å²) in [5, 5.41) is 6.74. The molecule has 144 valence electrons. The van der Waals surface area contributed by atoms with Crippen LogP contribution in [0.5, 0.6) is 0 Å². The Bertz CT molecular complexity index is 663. The highest BCUT2D eigenvalue weighted by Gasteiger charge is 2.39. The van der Waals surface area contributed by atoms with Gasteiger partial charge < -0.3 is 14.7 Å². The van der Waals surface area contributed by atoms with E-state index in [1.54, 1.807) is 13.0 Å². The van der Waals surface area contributed by atoms with Crippen molar-refractivity contribution in [3.05, 3.63) is 29.2 Å². The second-order valence-corrected chi connectivity index (χ2v) is 6.83. The molecule has 1 fully saturated rings. The summed E-state index contributed by atoms with van der Waals surface area (Å²) in [6, 6.07) is 1.30. The molecule has 26 heavy (non-hydrogen) atoms. The maximum atomic E-state index is 12.9. The van der Waals surface area contributed by atoms with Crippen LogP contribution in [0.1, 0.15) is 50.4 Å². The minimum Gasteiger partial charge on any atom is -0.351 e. The van der Waals surface area contributed by atoms with E-state index >= 15 is 0 Å². The van der Waals surface area contributed by atoms with Gasteiger partial charge in [-0.05, 0) is 41.0 Å². The van der Waals surface area contributed by atoms with Gasteiger partial charge in [-0.2, -0.15) is 0 Å². The fraction of sp³-hybridized carbons (Fsp3) is 0.632. The van der Waals surface area contributed by atoms with E-state index in [-0.39, 0.29) is 29.7 Å². The van der Waals surface area contributed by atoms with Gasteiger partial charge in [-0.15, -0.1) is 0 Å². The molecule has 0 unspecified atom stereocenters. The SMILES string of the molecule is CC=C(C)CN1C[C@@H](NC(=O)c2cc(C)no2)C[C@H]1C(=O)N(CC)CC. The third-order valence-electron chi connectivity index (χ3n) is 4.90. The van der Waals surface area contributed by atoms with E-state index in [0.29, 0.717) is 31.7 Å². The number of amides is 2. The van der Waals surface area contributed by atoms with E-state index < -0.39 is 0 Å². The Balaban J connectivity index is 2.10. The maximum absolute atomic E-state index is 12.9. The molecule has 0 aliphatic carbocycles. The Morgan fingerprint density at radius 3 is 2.65 bits per heavy atom. The summed E-state index contributed by atoms with van der Waals surface area (Å²) >= 11 is 0. The molecule has 0 aromatic carbocycles. The molecule has 1 aliphatic rings. The van der Waals surface area contributed by atoms with Crippen molar-refractivity contribution < 1.29 is 14.1 Å². The number of nitrogens with one attached hydrogen (secondary N) is 1. The zero-order valence-corrected chi connectivity index (χ0v) is 16.4. The van der Waals surface area contributed by atoms with Gasteiger partial charge in [0.2, 0.25) is 11.7 Å². The first-order valence-corrected chi connectivity index (χ1v) is 9.28. The molecule has 2 amide bonds. The first kappa shape index (κ1) is 20.2. The van der Waals surface area contributed by atoms with Crippen molar-refractivity contribution in [1.82, 2.24) is 20.3 Å². The number of hydrogen-bond donors (Lipinski definition) is 1. The zero-order chi connectivity index (χ0) is 19.3. The molecular formula is C19H30N4O3. The normalized spacial score (nSPS) is 21.0. The predicted molar refractivity (Wildman–Crippen MR) is 99.8 cm³/mol. The second kappa shape index (κ2) is 8.98. The van der Waals surface area contributed by atoms with Crippen LogP contribution < -0.4 is 5.32 Å². The minimum absolute atomic E-state index is 0.0953. The molecule has 1 aliphatic heterocycles. The highest BCUT2D eigenvalue weighted by atomic mass is 16.5. The van der Waals surface area contributed by atoms with Gasteiger partial charge in [-0.1, -0.05) is 16.8 Å². The van der Waals surface area contributed by atoms with Crippen LogP contribution in [-0.4, -0.2) is 65.0 Å². The van der Waals surface area contributed by atoms with Gasteiger partial charge in [0.1, 0.15) is 0 Å². The van der Waals surface area contributed by atoms with Gasteiger partial charge >= 0.3 is 0 Å². The molecule has 0 spiro atoms. The van der Waals surface area contributed by atoms with Crippen LogP contribution in [0, 0.1) is 6.92 Å². The number of allylic oxidation sites excluding steroid dienone is 1. The van der Waals surface area contributed by atoms with Crippen LogP contribution in [0.4, 0.5) is 0 Å². The summed E-state index contributed by atoms with van der Waals surface area (Å²) in [7, 11) is 0. The van der Waals surface area contributed by atoms with Crippen LogP contribution in [0.3, 0.4) is 0 Å². The summed E-state index contributed by atoms with van der Waals surface area (Å²) in [6.45, 7) is 12.6. The van der Waals surface area contributed by atoms with Crippen molar-refractivity contribution in [2.45, 2.75) is 53.1 Å². The summed E-state index contributed by atoms with van der Waals surface area (Å²) in [5.74, 6) is 0.0533. The van der Waals surface area contributed by atoms with Gasteiger partial charge in [0, 0.05) is 38.3 Å². The minimum atomic E-state index is -0.283. The van der Waals surface area contributed by atoms with E-state index in [4.69, 9.17) is 4.52 Å². The molecule has 1 aromatic rings. The number of hydrogen-bond acceptors (Lipinski definition) is 5. The summed E-state index contributed by atoms with van der Waals surface area (Å²) in [5.41, 5.74) is 1.88. The Hall–Kier alpha value is -2.15. The quantitative estimate of drug-likeness (QED) is 0.751. The van der Waals surface area contributed by atoms with Crippen molar-refractivity contribution in [2.75, 3.05) is 26.2 Å². The molecule has 0 bridgehead atoms. The van der Waals surface area contributed by atoms with Crippen molar-refractivity contribution in [3.63, 3.8) is 0 Å². The van der Waals surface area contributed by atoms with E-state index in [2.05, 4.69) is 28.4 Å². The Labute approximate surface area is 155 Å². The third-order valence-corrected chi connectivity index (χ3v) is 4.90. The van der Waals surface area contributed by atoms with E-state index in [1.807, 2.05) is 25.7 Å². The standard InChI is InChI=1S/C19H30N4O3/c1-6-13(4)11-23-12-15(10-16(23)19(25)22(7-2)8-3)20-18(24)17-9-14(5)21-26-17/h6,9,15-16H,7-8,10-12H2,1-5H3,(H,20,24)/t15-,16-/m0/s1. The summed E-state index contributed by atoms with van der Waals surface area (Å²) in [4.78, 5) is 29.3. The molecule has 7 heteroatoms. The van der Waals surface area contributed by atoms with Crippen molar-refractivity contribution in [3.8, 4) is 0 Å². The smallest absolute Gasteiger partial charge is 0.290 e. The lowest BCUT2D eigenvalue weighted by molar-refractivity contribution is -0.135. The number of nitrogens with zero attached hydrogens (tertiary/aromatic N) is 3. The first-order chi connectivity index (χ1) is 12.4. The fourth-order valence-electron chi connectivity index (χ4n) is 3.32. The Kier molecular flexibility index (Phi) is 6.97. The molecule has 2 rings (SSSR count). The van der Waals surface area contributed by atoms with E-state index in [0.717, 1.165) is 6.54 Å². The number of aryl methyl sites for hydroxylation is 1. The van der Waals surface area contributed by atoms with E-state index in [9.17, 15) is 9.59 Å². The molecule has 0 saturated carbocycles. The van der Waals surface area contributed by atoms with Crippen LogP contribution >= 0.6 is 0 Å². The average molecular weight is 362 g/mol. The Morgan fingerprint density at radius 2 is 2.12 bits per heavy atom. The van der Waals surface area contributed by atoms with Gasteiger partial charge in [-0.3, -0.25) is 14.5 Å². The molecule has 0 radical (unpaired) electrons. The van der Waals surface area contributed by atoms with Crippen LogP contribution in [0.2, 0.25) is 0 Å². The molecule has 2 atom stereocenters. The molecule has 1 N–H and O–H groups in total. The highest BCUT2D eigenvalue weighted by molar-refractivity contribution is 5.91. The molecule has 7 nitrogen and oxygen atoms in total. The lowest BCUT2D eigenvalue weighted by Crippen LogP contribution is -2.46. The number of carbonyl (C=O) groups excluding carboxylic acids is 2. The lowest BCUT2D eigenvalue weighted by atomic mass is 10.1. The maximum Gasteiger partial charge on any atom is 0.290 e. The van der Waals surface area contributed by atoms with Crippen LogP contribution in [0.15, 0.2) is 22.2 Å². The predicted octanol–water partition coefficient (Wildman–Crippen LogP) is 1.99.